The Hall–Kier alpha value is -0.800. The Kier molecular flexibility index (Phi) is 3.31. The van der Waals surface area contributed by atoms with Gasteiger partial charge in [0.1, 0.15) is 0 Å². The van der Waals surface area contributed by atoms with Crippen molar-refractivity contribution < 1.29 is 9.84 Å². The van der Waals surface area contributed by atoms with Crippen molar-refractivity contribution in [1.29, 1.82) is 0 Å². The fourth-order valence-electron chi connectivity index (χ4n) is 1.12. The Morgan fingerprint density at radius 2 is 2.42 bits per heavy atom. The van der Waals surface area contributed by atoms with Crippen LogP contribution in [0, 0.1) is 0 Å². The van der Waals surface area contributed by atoms with Crippen LogP contribution in [0.2, 0.25) is 0 Å². The molecule has 3 heteroatoms. The lowest BCUT2D eigenvalue weighted by Crippen LogP contribution is -2.15. The predicted molar refractivity (Wildman–Crippen MR) is 46.8 cm³/mol. The number of hydrogen-bond donors (Lipinski definition) is 1. The third-order valence-corrected chi connectivity index (χ3v) is 1.94. The van der Waals surface area contributed by atoms with E-state index < -0.39 is 0 Å². The molecule has 1 aromatic rings. The highest BCUT2D eigenvalue weighted by Crippen LogP contribution is 2.04. The molecule has 3 nitrogen and oxygen atoms in total. The summed E-state index contributed by atoms with van der Waals surface area (Å²) in [5.74, 6) is 0. The van der Waals surface area contributed by atoms with E-state index in [0.717, 1.165) is 12.2 Å². The molecule has 0 aliphatic heterocycles. The minimum absolute atomic E-state index is 0.0867. The number of rotatable bonds is 4. The van der Waals surface area contributed by atoms with E-state index in [4.69, 9.17) is 9.84 Å². The average Bonchev–Trinajstić information content (AvgIpc) is 2.51. The van der Waals surface area contributed by atoms with E-state index in [0.29, 0.717) is 0 Å². The van der Waals surface area contributed by atoms with Crippen LogP contribution in [-0.4, -0.2) is 22.9 Å². The van der Waals surface area contributed by atoms with Gasteiger partial charge < -0.3 is 14.4 Å². The topological polar surface area (TPSA) is 34.4 Å². The number of aromatic nitrogens is 1. The molecule has 1 N–H and O–H groups in total. The maximum Gasteiger partial charge on any atom is 0.0832 e. The van der Waals surface area contributed by atoms with Gasteiger partial charge in [0, 0.05) is 25.5 Å². The second-order valence-corrected chi connectivity index (χ2v) is 2.86. The van der Waals surface area contributed by atoms with Gasteiger partial charge in [0.05, 0.1) is 12.7 Å². The van der Waals surface area contributed by atoms with Crippen LogP contribution >= 0.6 is 0 Å². The van der Waals surface area contributed by atoms with Gasteiger partial charge in [-0.25, -0.2) is 0 Å². The zero-order chi connectivity index (χ0) is 8.97. The van der Waals surface area contributed by atoms with Crippen LogP contribution in [0.5, 0.6) is 0 Å². The summed E-state index contributed by atoms with van der Waals surface area (Å²) in [4.78, 5) is 0. The molecule has 1 rings (SSSR count). The van der Waals surface area contributed by atoms with Gasteiger partial charge in [0.15, 0.2) is 0 Å². The number of aliphatic hydroxyl groups is 1. The number of hydrogen-bond acceptors (Lipinski definition) is 2. The molecule has 1 unspecified atom stereocenters. The quantitative estimate of drug-likeness (QED) is 0.730. The van der Waals surface area contributed by atoms with Crippen LogP contribution in [0.25, 0.3) is 0 Å². The van der Waals surface area contributed by atoms with E-state index in [1.165, 1.54) is 0 Å². The lowest BCUT2D eigenvalue weighted by atomic mass is 10.4. The smallest absolute Gasteiger partial charge is 0.0832 e. The lowest BCUT2D eigenvalue weighted by Gasteiger charge is -2.12. The monoisotopic (exact) mass is 169 g/mol. The number of ether oxygens (including phenoxy) is 1. The van der Waals surface area contributed by atoms with E-state index in [-0.39, 0.29) is 12.7 Å². The third kappa shape index (κ3) is 2.09. The predicted octanol–water partition coefficient (Wildman–Crippen LogP) is 1.02. The zero-order valence-corrected chi connectivity index (χ0v) is 7.53. The summed E-state index contributed by atoms with van der Waals surface area (Å²) in [6.07, 6.45) is 2.13. The summed E-state index contributed by atoms with van der Waals surface area (Å²) in [5, 5.41) is 8.93. The highest BCUT2D eigenvalue weighted by Gasteiger charge is 2.03. The minimum atomic E-state index is 0.0867. The largest absolute Gasteiger partial charge is 0.390 e. The summed E-state index contributed by atoms with van der Waals surface area (Å²) in [5.41, 5.74) is 0.930. The Balaban J connectivity index is 2.61. The van der Waals surface area contributed by atoms with E-state index in [9.17, 15) is 0 Å². The zero-order valence-electron chi connectivity index (χ0n) is 7.53. The molecule has 0 aliphatic carbocycles. The van der Waals surface area contributed by atoms with Crippen molar-refractivity contribution >= 4 is 0 Å². The van der Waals surface area contributed by atoms with E-state index >= 15 is 0 Å². The van der Waals surface area contributed by atoms with Crippen molar-refractivity contribution in [3.8, 4) is 0 Å². The molecule has 0 radical (unpaired) electrons. The molecule has 0 saturated carbocycles. The molecule has 0 saturated heterocycles. The molecule has 12 heavy (non-hydrogen) atoms. The lowest BCUT2D eigenvalue weighted by molar-refractivity contribution is 0.101. The first-order valence-electron chi connectivity index (χ1n) is 4.05. The molecule has 0 aromatic carbocycles. The minimum Gasteiger partial charge on any atom is -0.390 e. The summed E-state index contributed by atoms with van der Waals surface area (Å²) in [7, 11) is 1.69. The number of aliphatic hydroxyl groups excluding tert-OH is 1. The van der Waals surface area contributed by atoms with Gasteiger partial charge in [-0.15, -0.1) is 0 Å². The molecule has 0 amide bonds. The first kappa shape index (κ1) is 9.29. The molecule has 1 aromatic heterocycles. The first-order chi connectivity index (χ1) is 5.77. The van der Waals surface area contributed by atoms with E-state index in [1.807, 2.05) is 29.8 Å². The maximum absolute atomic E-state index is 8.93. The van der Waals surface area contributed by atoms with Crippen molar-refractivity contribution in [3.05, 3.63) is 24.0 Å². The van der Waals surface area contributed by atoms with E-state index in [2.05, 4.69) is 0 Å². The Morgan fingerprint density at radius 3 is 3.00 bits per heavy atom. The second-order valence-electron chi connectivity index (χ2n) is 2.86. The van der Waals surface area contributed by atoms with Crippen molar-refractivity contribution in [3.63, 3.8) is 0 Å². The molecule has 0 fully saturated rings. The molecular formula is C9H15NO2. The van der Waals surface area contributed by atoms with Gasteiger partial charge in [-0.3, -0.25) is 0 Å². The molecule has 0 spiro atoms. The molecular weight excluding hydrogens is 154 g/mol. The molecule has 1 heterocycles. The van der Waals surface area contributed by atoms with Gasteiger partial charge in [-0.05, 0) is 19.1 Å². The molecule has 1 atom stereocenters. The van der Waals surface area contributed by atoms with Crippen LogP contribution in [0.1, 0.15) is 12.6 Å². The molecule has 0 bridgehead atoms. The number of nitrogens with zero attached hydrogens (tertiary/aromatic N) is 1. The van der Waals surface area contributed by atoms with Crippen molar-refractivity contribution in [1.82, 2.24) is 4.57 Å². The van der Waals surface area contributed by atoms with Crippen LogP contribution in [0.3, 0.4) is 0 Å². The highest BCUT2D eigenvalue weighted by molar-refractivity contribution is 5.05. The first-order valence-corrected chi connectivity index (χ1v) is 4.05. The van der Waals surface area contributed by atoms with Gasteiger partial charge in [-0.1, -0.05) is 0 Å². The maximum atomic E-state index is 8.93. The Morgan fingerprint density at radius 1 is 1.67 bits per heavy atom. The third-order valence-electron chi connectivity index (χ3n) is 1.94. The average molecular weight is 169 g/mol. The number of methoxy groups -OCH3 is 1. The second kappa shape index (κ2) is 4.28. The summed E-state index contributed by atoms with van der Waals surface area (Å²) in [6.45, 7) is 2.88. The summed E-state index contributed by atoms with van der Waals surface area (Å²) < 4.78 is 7.11. The van der Waals surface area contributed by atoms with Crippen molar-refractivity contribution in [2.75, 3.05) is 7.11 Å². The summed E-state index contributed by atoms with van der Waals surface area (Å²) in [6, 6.07) is 3.83. The Labute approximate surface area is 72.6 Å². The van der Waals surface area contributed by atoms with Crippen molar-refractivity contribution in [2.45, 2.75) is 26.2 Å². The normalized spacial score (nSPS) is 13.2. The van der Waals surface area contributed by atoms with E-state index in [1.54, 1.807) is 7.11 Å². The van der Waals surface area contributed by atoms with Crippen molar-refractivity contribution in [2.24, 2.45) is 0 Å². The van der Waals surface area contributed by atoms with Crippen LogP contribution in [0.4, 0.5) is 0 Å². The van der Waals surface area contributed by atoms with Gasteiger partial charge in [-0.2, -0.15) is 0 Å². The van der Waals surface area contributed by atoms with Gasteiger partial charge >= 0.3 is 0 Å². The standard InChI is InChI=1S/C9H15NO2/c1-8(12-2)6-10-5-3-4-9(10)7-11/h3-5,8,11H,6-7H2,1-2H3. The van der Waals surface area contributed by atoms with Crippen LogP contribution in [0.15, 0.2) is 18.3 Å². The van der Waals surface area contributed by atoms with Gasteiger partial charge in [0.2, 0.25) is 0 Å². The summed E-state index contributed by atoms with van der Waals surface area (Å²) >= 11 is 0. The fourth-order valence-corrected chi connectivity index (χ4v) is 1.12. The highest BCUT2D eigenvalue weighted by atomic mass is 16.5. The van der Waals surface area contributed by atoms with Crippen LogP contribution < -0.4 is 0 Å². The molecule has 68 valence electrons. The van der Waals surface area contributed by atoms with Gasteiger partial charge in [0.25, 0.3) is 0 Å². The fraction of sp³-hybridized carbons (Fsp3) is 0.556. The Bertz CT molecular complexity index is 232. The van der Waals surface area contributed by atoms with Crippen LogP contribution in [-0.2, 0) is 17.9 Å². The molecule has 0 aliphatic rings. The SMILES string of the molecule is COC(C)Cn1cccc1CO.